The van der Waals surface area contributed by atoms with Crippen LogP contribution in [0.3, 0.4) is 0 Å². The number of nitrogens with zero attached hydrogens (tertiary/aromatic N) is 2. The Balaban J connectivity index is 1.84. The van der Waals surface area contributed by atoms with Crippen LogP contribution in [0, 0.1) is 0 Å². The van der Waals surface area contributed by atoms with Crippen LogP contribution in [0.5, 0.6) is 0 Å². The maximum atomic E-state index is 12.2. The molecule has 1 fully saturated rings. The van der Waals surface area contributed by atoms with E-state index >= 15 is 0 Å². The molecule has 0 spiro atoms. The van der Waals surface area contributed by atoms with Gasteiger partial charge in [0.05, 0.1) is 6.54 Å². The van der Waals surface area contributed by atoms with E-state index in [9.17, 15) is 4.79 Å². The summed E-state index contributed by atoms with van der Waals surface area (Å²) in [6.45, 7) is 2.90. The van der Waals surface area contributed by atoms with Crippen molar-refractivity contribution in [3.8, 4) is 0 Å². The monoisotopic (exact) mass is 283 g/mol. The third kappa shape index (κ3) is 2.70. The first-order valence-corrected chi connectivity index (χ1v) is 7.60. The molecule has 0 aliphatic carbocycles. The highest BCUT2D eigenvalue weighted by Crippen LogP contribution is 2.23. The van der Waals surface area contributed by atoms with Crippen LogP contribution in [-0.4, -0.2) is 22.9 Å². The minimum atomic E-state index is -0.209. The minimum absolute atomic E-state index is 0.209. The van der Waals surface area contributed by atoms with Gasteiger partial charge in [0.15, 0.2) is 5.17 Å². The molecule has 1 saturated heterocycles. The lowest BCUT2D eigenvalue weighted by Gasteiger charge is -2.01. The van der Waals surface area contributed by atoms with Crippen molar-refractivity contribution in [1.29, 1.82) is 0 Å². The summed E-state index contributed by atoms with van der Waals surface area (Å²) >= 11 is 1.60. The van der Waals surface area contributed by atoms with Gasteiger partial charge in [-0.25, -0.2) is 0 Å². The topological polar surface area (TPSA) is 43.5 Å². The van der Waals surface area contributed by atoms with Gasteiger partial charge in [-0.05, 0) is 29.3 Å². The Kier molecular flexibility index (Phi) is 3.74. The van der Waals surface area contributed by atoms with Crippen molar-refractivity contribution >= 4 is 33.6 Å². The summed E-state index contributed by atoms with van der Waals surface area (Å²) in [6.07, 6.45) is 1.05. The van der Waals surface area contributed by atoms with Crippen LogP contribution in [0.2, 0.25) is 0 Å². The van der Waals surface area contributed by atoms with Crippen molar-refractivity contribution in [3.63, 3.8) is 0 Å². The molecule has 1 radical (unpaired) electrons. The largest absolute Gasteiger partial charge is 0.279 e. The highest BCUT2D eigenvalue weighted by atomic mass is 32.2. The number of aliphatic imine (C=N–C) groups is 1. The van der Waals surface area contributed by atoms with E-state index in [1.54, 1.807) is 11.8 Å². The van der Waals surface area contributed by atoms with Crippen molar-refractivity contribution in [2.75, 3.05) is 6.54 Å². The van der Waals surface area contributed by atoms with Gasteiger partial charge in [0.1, 0.15) is 0 Å². The molecule has 1 amide bonds. The fourth-order valence-electron chi connectivity index (χ4n) is 2.15. The minimum Gasteiger partial charge on any atom is -0.267 e. The SMILES string of the molecule is CCC1C[N]C(=NC(=O)c2ccc3ccccc3c2)S1. The maximum absolute atomic E-state index is 12.2. The summed E-state index contributed by atoms with van der Waals surface area (Å²) < 4.78 is 0. The van der Waals surface area contributed by atoms with E-state index in [1.807, 2.05) is 42.5 Å². The summed E-state index contributed by atoms with van der Waals surface area (Å²) in [5, 5.41) is 7.58. The van der Waals surface area contributed by atoms with E-state index in [-0.39, 0.29) is 5.91 Å². The van der Waals surface area contributed by atoms with Gasteiger partial charge in [-0.3, -0.25) is 10.1 Å². The van der Waals surface area contributed by atoms with Gasteiger partial charge < -0.3 is 0 Å². The van der Waals surface area contributed by atoms with Crippen LogP contribution in [0.4, 0.5) is 0 Å². The highest BCUT2D eigenvalue weighted by Gasteiger charge is 2.22. The molecule has 1 atom stereocenters. The second-order valence-corrected chi connectivity index (χ2v) is 6.02. The normalized spacial score (nSPS) is 20.2. The van der Waals surface area contributed by atoms with E-state index in [4.69, 9.17) is 0 Å². The molecule has 1 aliphatic rings. The van der Waals surface area contributed by atoms with Crippen molar-refractivity contribution in [3.05, 3.63) is 48.0 Å². The number of benzene rings is 2. The van der Waals surface area contributed by atoms with Crippen LogP contribution < -0.4 is 5.32 Å². The molecule has 20 heavy (non-hydrogen) atoms. The molecule has 3 rings (SSSR count). The van der Waals surface area contributed by atoms with E-state index in [0.717, 1.165) is 23.7 Å². The van der Waals surface area contributed by atoms with Gasteiger partial charge in [-0.2, -0.15) is 4.99 Å². The summed E-state index contributed by atoms with van der Waals surface area (Å²) in [7, 11) is 0. The molecule has 1 aliphatic heterocycles. The molecule has 1 heterocycles. The molecule has 0 saturated carbocycles. The number of amidine groups is 1. The molecule has 2 aromatic rings. The van der Waals surface area contributed by atoms with Crippen LogP contribution in [0.1, 0.15) is 23.7 Å². The Morgan fingerprint density at radius 3 is 2.85 bits per heavy atom. The molecule has 4 heteroatoms. The van der Waals surface area contributed by atoms with E-state index in [0.29, 0.717) is 16.0 Å². The van der Waals surface area contributed by atoms with Gasteiger partial charge >= 0.3 is 0 Å². The molecule has 0 N–H and O–H groups in total. The molecule has 3 nitrogen and oxygen atoms in total. The first-order valence-electron chi connectivity index (χ1n) is 6.72. The number of fused-ring (bicyclic) bond motifs is 1. The standard InChI is InChI=1S/C16H15N2OS/c1-2-14-10-17-16(20-14)18-15(19)13-8-7-11-5-3-4-6-12(11)9-13/h3-9,14H,2,10H2,1H3. The highest BCUT2D eigenvalue weighted by molar-refractivity contribution is 8.14. The number of hydrogen-bond acceptors (Lipinski definition) is 2. The summed E-state index contributed by atoms with van der Waals surface area (Å²) in [5.74, 6) is -0.209. The van der Waals surface area contributed by atoms with E-state index in [2.05, 4.69) is 17.2 Å². The number of hydrogen-bond donors (Lipinski definition) is 0. The first-order chi connectivity index (χ1) is 9.76. The number of carbonyl (C=O) groups is 1. The van der Waals surface area contributed by atoms with Crippen LogP contribution in [0.15, 0.2) is 47.5 Å². The van der Waals surface area contributed by atoms with E-state index in [1.165, 1.54) is 0 Å². The van der Waals surface area contributed by atoms with Gasteiger partial charge in [0.2, 0.25) is 0 Å². The lowest BCUT2D eigenvalue weighted by molar-refractivity contribution is 0.100. The fraction of sp³-hybridized carbons (Fsp3) is 0.250. The summed E-state index contributed by atoms with van der Waals surface area (Å²) in [4.78, 5) is 16.3. The van der Waals surface area contributed by atoms with Gasteiger partial charge in [-0.1, -0.05) is 49.0 Å². The Labute approximate surface area is 122 Å². The second-order valence-electron chi connectivity index (χ2n) is 4.75. The van der Waals surface area contributed by atoms with Crippen molar-refractivity contribution in [1.82, 2.24) is 5.32 Å². The zero-order valence-electron chi connectivity index (χ0n) is 11.2. The third-order valence-electron chi connectivity index (χ3n) is 3.35. The van der Waals surface area contributed by atoms with Crippen LogP contribution >= 0.6 is 11.8 Å². The van der Waals surface area contributed by atoms with Crippen molar-refractivity contribution < 1.29 is 4.79 Å². The zero-order chi connectivity index (χ0) is 13.9. The molecule has 101 valence electrons. The molecular weight excluding hydrogens is 268 g/mol. The quantitative estimate of drug-likeness (QED) is 0.847. The predicted octanol–water partition coefficient (Wildman–Crippen LogP) is 3.47. The van der Waals surface area contributed by atoms with Gasteiger partial charge in [-0.15, -0.1) is 0 Å². The Morgan fingerprint density at radius 1 is 1.30 bits per heavy atom. The molecular formula is C16H15N2OS. The van der Waals surface area contributed by atoms with Crippen molar-refractivity contribution in [2.45, 2.75) is 18.6 Å². The van der Waals surface area contributed by atoms with Crippen LogP contribution in [-0.2, 0) is 0 Å². The third-order valence-corrected chi connectivity index (χ3v) is 4.60. The Bertz CT molecular complexity index is 681. The lowest BCUT2D eigenvalue weighted by atomic mass is 10.1. The molecule has 0 bridgehead atoms. The second kappa shape index (κ2) is 5.67. The first kappa shape index (κ1) is 13.2. The lowest BCUT2D eigenvalue weighted by Crippen LogP contribution is -2.09. The number of thioether (sulfide) groups is 1. The fourth-order valence-corrected chi connectivity index (χ4v) is 3.05. The average molecular weight is 283 g/mol. The smallest absolute Gasteiger partial charge is 0.267 e. The number of carbonyl (C=O) groups excluding carboxylic acids is 1. The maximum Gasteiger partial charge on any atom is 0.279 e. The summed E-state index contributed by atoms with van der Waals surface area (Å²) in [5.41, 5.74) is 0.618. The molecule has 2 aromatic carbocycles. The number of amides is 1. The predicted molar refractivity (Wildman–Crippen MR) is 84.4 cm³/mol. The van der Waals surface area contributed by atoms with Gasteiger partial charge in [0.25, 0.3) is 5.91 Å². The van der Waals surface area contributed by atoms with Crippen molar-refractivity contribution in [2.24, 2.45) is 4.99 Å². The summed E-state index contributed by atoms with van der Waals surface area (Å²) in [6, 6.07) is 13.7. The average Bonchev–Trinajstić information content (AvgIpc) is 2.94. The molecule has 0 aromatic heterocycles. The Morgan fingerprint density at radius 2 is 2.10 bits per heavy atom. The Hall–Kier alpha value is -1.81. The zero-order valence-corrected chi connectivity index (χ0v) is 12.1. The van der Waals surface area contributed by atoms with E-state index < -0.39 is 0 Å². The van der Waals surface area contributed by atoms with Gasteiger partial charge in [0, 0.05) is 10.8 Å². The number of rotatable bonds is 2. The van der Waals surface area contributed by atoms with Crippen LogP contribution in [0.25, 0.3) is 10.8 Å². The molecule has 1 unspecified atom stereocenters.